The fraction of sp³-hybridized carbons (Fsp3) is 1.00. The monoisotopic (exact) mass is 253 g/mol. The van der Waals surface area contributed by atoms with Gasteiger partial charge in [-0.3, -0.25) is 4.90 Å². The van der Waals surface area contributed by atoms with E-state index in [0.29, 0.717) is 6.04 Å². The third-order valence-electron chi connectivity index (χ3n) is 4.73. The Bertz CT molecular complexity index is 244. The van der Waals surface area contributed by atoms with Crippen LogP contribution in [0.3, 0.4) is 0 Å². The van der Waals surface area contributed by atoms with E-state index in [-0.39, 0.29) is 0 Å². The van der Waals surface area contributed by atoms with E-state index in [1.54, 1.807) is 0 Å². The van der Waals surface area contributed by atoms with Crippen molar-refractivity contribution in [2.75, 3.05) is 32.7 Å². The van der Waals surface area contributed by atoms with Gasteiger partial charge in [0.2, 0.25) is 0 Å². The predicted molar refractivity (Wildman–Crippen MR) is 78.0 cm³/mol. The second-order valence-electron chi connectivity index (χ2n) is 6.13. The van der Waals surface area contributed by atoms with Gasteiger partial charge in [0, 0.05) is 37.8 Å². The molecule has 0 radical (unpaired) electrons. The minimum atomic E-state index is 0.708. The summed E-state index contributed by atoms with van der Waals surface area (Å²) in [6.07, 6.45) is 5.41. The molecule has 0 aromatic carbocycles. The first-order chi connectivity index (χ1) is 8.74. The fourth-order valence-corrected chi connectivity index (χ4v) is 3.59. The highest BCUT2D eigenvalue weighted by molar-refractivity contribution is 4.90. The van der Waals surface area contributed by atoms with Crippen LogP contribution in [0.1, 0.15) is 46.5 Å². The first-order valence-corrected chi connectivity index (χ1v) is 7.96. The van der Waals surface area contributed by atoms with Crippen LogP contribution in [0.4, 0.5) is 0 Å². The SMILES string of the molecule is CCCC1CN(C2CCCN(CC)C2)C(C)CN1. The first kappa shape index (κ1) is 14.3. The van der Waals surface area contributed by atoms with Crippen LogP contribution in [0, 0.1) is 0 Å². The molecule has 0 saturated carbocycles. The van der Waals surface area contributed by atoms with Gasteiger partial charge in [-0.05, 0) is 39.3 Å². The zero-order valence-electron chi connectivity index (χ0n) is 12.5. The van der Waals surface area contributed by atoms with E-state index >= 15 is 0 Å². The van der Waals surface area contributed by atoms with Crippen LogP contribution in [0.15, 0.2) is 0 Å². The highest BCUT2D eigenvalue weighted by atomic mass is 15.3. The third-order valence-corrected chi connectivity index (χ3v) is 4.73. The minimum Gasteiger partial charge on any atom is -0.311 e. The summed E-state index contributed by atoms with van der Waals surface area (Å²) in [6, 6.07) is 2.23. The second kappa shape index (κ2) is 6.88. The van der Waals surface area contributed by atoms with Crippen molar-refractivity contribution in [2.45, 2.75) is 64.6 Å². The molecule has 2 saturated heterocycles. The molecule has 18 heavy (non-hydrogen) atoms. The van der Waals surface area contributed by atoms with Gasteiger partial charge < -0.3 is 10.2 Å². The van der Waals surface area contributed by atoms with E-state index in [9.17, 15) is 0 Å². The Morgan fingerprint density at radius 1 is 1.22 bits per heavy atom. The average molecular weight is 253 g/mol. The maximum Gasteiger partial charge on any atom is 0.0227 e. The number of hydrogen-bond acceptors (Lipinski definition) is 3. The van der Waals surface area contributed by atoms with Gasteiger partial charge in [-0.2, -0.15) is 0 Å². The van der Waals surface area contributed by atoms with Crippen LogP contribution >= 0.6 is 0 Å². The van der Waals surface area contributed by atoms with Crippen molar-refractivity contribution in [3.8, 4) is 0 Å². The number of hydrogen-bond donors (Lipinski definition) is 1. The van der Waals surface area contributed by atoms with Crippen molar-refractivity contribution in [3.63, 3.8) is 0 Å². The maximum atomic E-state index is 3.71. The van der Waals surface area contributed by atoms with E-state index < -0.39 is 0 Å². The normalized spacial score (nSPS) is 35.8. The van der Waals surface area contributed by atoms with Crippen molar-refractivity contribution in [1.29, 1.82) is 0 Å². The van der Waals surface area contributed by atoms with E-state index in [2.05, 4.69) is 35.9 Å². The molecule has 0 spiro atoms. The Hall–Kier alpha value is -0.120. The Morgan fingerprint density at radius 2 is 2.06 bits per heavy atom. The standard InChI is InChI=1S/C15H31N3/c1-4-7-14-11-18(13(3)10-16-14)15-8-6-9-17(5-2)12-15/h13-16H,4-12H2,1-3H3. The number of likely N-dealkylation sites (N-methyl/N-ethyl adjacent to an activating group) is 1. The molecule has 3 heteroatoms. The van der Waals surface area contributed by atoms with E-state index in [4.69, 9.17) is 0 Å². The topological polar surface area (TPSA) is 18.5 Å². The lowest BCUT2D eigenvalue weighted by Crippen LogP contribution is -2.61. The molecule has 1 N–H and O–H groups in total. The van der Waals surface area contributed by atoms with Gasteiger partial charge in [0.1, 0.15) is 0 Å². The molecule has 0 aromatic heterocycles. The highest BCUT2D eigenvalue weighted by Crippen LogP contribution is 2.21. The summed E-state index contributed by atoms with van der Waals surface area (Å²) in [5.41, 5.74) is 0. The molecule has 0 amide bonds. The van der Waals surface area contributed by atoms with Crippen LogP contribution in [0.25, 0.3) is 0 Å². The van der Waals surface area contributed by atoms with Gasteiger partial charge in [-0.25, -0.2) is 0 Å². The number of rotatable bonds is 4. The summed E-state index contributed by atoms with van der Waals surface area (Å²) in [6.45, 7) is 13.2. The van der Waals surface area contributed by atoms with Gasteiger partial charge in [0.15, 0.2) is 0 Å². The molecule has 3 nitrogen and oxygen atoms in total. The number of piperidine rings is 1. The molecular weight excluding hydrogens is 222 g/mol. The lowest BCUT2D eigenvalue weighted by atomic mass is 9.98. The molecule has 3 unspecified atom stereocenters. The molecule has 3 atom stereocenters. The zero-order chi connectivity index (χ0) is 13.0. The van der Waals surface area contributed by atoms with E-state index in [1.807, 2.05) is 0 Å². The van der Waals surface area contributed by atoms with Crippen molar-refractivity contribution in [1.82, 2.24) is 15.1 Å². The molecule has 2 aliphatic heterocycles. The summed E-state index contributed by atoms with van der Waals surface area (Å²) in [4.78, 5) is 5.41. The number of nitrogens with one attached hydrogen (secondary N) is 1. The quantitative estimate of drug-likeness (QED) is 0.826. The van der Waals surface area contributed by atoms with Crippen LogP contribution in [0.5, 0.6) is 0 Å². The predicted octanol–water partition coefficient (Wildman–Crippen LogP) is 1.93. The number of likely N-dealkylation sites (tertiary alicyclic amines) is 1. The molecule has 2 heterocycles. The second-order valence-corrected chi connectivity index (χ2v) is 6.13. The lowest BCUT2D eigenvalue weighted by molar-refractivity contribution is 0.0417. The average Bonchev–Trinajstić information content (AvgIpc) is 2.41. The summed E-state index contributed by atoms with van der Waals surface area (Å²) in [7, 11) is 0. The molecule has 0 aromatic rings. The van der Waals surface area contributed by atoms with Crippen molar-refractivity contribution >= 4 is 0 Å². The highest BCUT2D eigenvalue weighted by Gasteiger charge is 2.32. The van der Waals surface area contributed by atoms with Gasteiger partial charge in [0.25, 0.3) is 0 Å². The Kier molecular flexibility index (Phi) is 5.46. The summed E-state index contributed by atoms with van der Waals surface area (Å²) < 4.78 is 0. The number of piperazine rings is 1. The van der Waals surface area contributed by atoms with Crippen molar-refractivity contribution < 1.29 is 0 Å². The van der Waals surface area contributed by atoms with Crippen molar-refractivity contribution in [2.24, 2.45) is 0 Å². The van der Waals surface area contributed by atoms with Crippen LogP contribution in [-0.4, -0.2) is 60.6 Å². The summed E-state index contributed by atoms with van der Waals surface area (Å²) >= 11 is 0. The van der Waals surface area contributed by atoms with E-state index in [0.717, 1.165) is 12.1 Å². The zero-order valence-corrected chi connectivity index (χ0v) is 12.5. The smallest absolute Gasteiger partial charge is 0.0227 e. The van der Waals surface area contributed by atoms with Crippen LogP contribution < -0.4 is 5.32 Å². The molecule has 2 aliphatic rings. The molecule has 0 aliphatic carbocycles. The molecular formula is C15H31N3. The summed E-state index contributed by atoms with van der Waals surface area (Å²) in [5.74, 6) is 0. The third kappa shape index (κ3) is 3.46. The van der Waals surface area contributed by atoms with Crippen molar-refractivity contribution in [3.05, 3.63) is 0 Å². The molecule has 0 bridgehead atoms. The Labute approximate surface area is 113 Å². The molecule has 106 valence electrons. The molecule has 2 rings (SSSR count). The summed E-state index contributed by atoms with van der Waals surface area (Å²) in [5, 5.41) is 3.71. The van der Waals surface area contributed by atoms with Crippen LogP contribution in [0.2, 0.25) is 0 Å². The molecule has 2 fully saturated rings. The van der Waals surface area contributed by atoms with Gasteiger partial charge >= 0.3 is 0 Å². The number of nitrogens with zero attached hydrogens (tertiary/aromatic N) is 2. The fourth-order valence-electron chi connectivity index (χ4n) is 3.59. The van der Waals surface area contributed by atoms with E-state index in [1.165, 1.54) is 58.4 Å². The Balaban J connectivity index is 1.92. The van der Waals surface area contributed by atoms with Crippen LogP contribution in [-0.2, 0) is 0 Å². The van der Waals surface area contributed by atoms with Gasteiger partial charge in [0.05, 0.1) is 0 Å². The minimum absolute atomic E-state index is 0.708. The lowest BCUT2D eigenvalue weighted by Gasteiger charge is -2.46. The first-order valence-electron chi connectivity index (χ1n) is 7.96. The Morgan fingerprint density at radius 3 is 2.78 bits per heavy atom. The maximum absolute atomic E-state index is 3.71. The van der Waals surface area contributed by atoms with Gasteiger partial charge in [-0.15, -0.1) is 0 Å². The van der Waals surface area contributed by atoms with Gasteiger partial charge in [-0.1, -0.05) is 20.3 Å². The largest absolute Gasteiger partial charge is 0.311 e.